The molecule has 3 rings (SSSR count). The van der Waals surface area contributed by atoms with Crippen LogP contribution in [0.4, 0.5) is 0 Å². The number of nitrogens with zero attached hydrogens (tertiary/aromatic N) is 3. The summed E-state index contributed by atoms with van der Waals surface area (Å²) >= 11 is 1.61. The van der Waals surface area contributed by atoms with Gasteiger partial charge in [-0.1, -0.05) is 30.3 Å². The molecule has 0 bridgehead atoms. The van der Waals surface area contributed by atoms with Crippen molar-refractivity contribution in [2.24, 2.45) is 5.92 Å². The highest BCUT2D eigenvalue weighted by molar-refractivity contribution is 8.03. The second-order valence-corrected chi connectivity index (χ2v) is 5.79. The Hall–Kier alpha value is -2.24. The Morgan fingerprint density at radius 2 is 2.00 bits per heavy atom. The fourth-order valence-corrected chi connectivity index (χ4v) is 3.90. The summed E-state index contributed by atoms with van der Waals surface area (Å²) in [4.78, 5) is 1.82. The van der Waals surface area contributed by atoms with Crippen LogP contribution in [0.25, 0.3) is 0 Å². The van der Waals surface area contributed by atoms with E-state index in [9.17, 15) is 10.5 Å². The molecule has 5 heteroatoms. The summed E-state index contributed by atoms with van der Waals surface area (Å²) in [6, 6.07) is 14.1. The average Bonchev–Trinajstić information content (AvgIpc) is 2.97. The summed E-state index contributed by atoms with van der Waals surface area (Å²) in [6.45, 7) is 0.712. The van der Waals surface area contributed by atoms with Crippen LogP contribution in [0.5, 0.6) is 0 Å². The van der Waals surface area contributed by atoms with Crippen molar-refractivity contribution in [3.63, 3.8) is 0 Å². The summed E-state index contributed by atoms with van der Waals surface area (Å²) in [5.41, 5.74) is 1.56. The van der Waals surface area contributed by atoms with Crippen LogP contribution >= 0.6 is 11.8 Å². The van der Waals surface area contributed by atoms with Gasteiger partial charge in [0.15, 0.2) is 0 Å². The van der Waals surface area contributed by atoms with Gasteiger partial charge in [0.05, 0.1) is 22.7 Å². The Morgan fingerprint density at radius 3 is 2.65 bits per heavy atom. The van der Waals surface area contributed by atoms with Gasteiger partial charge in [0.1, 0.15) is 11.8 Å². The average molecular weight is 280 g/mol. The maximum Gasteiger partial charge on any atom is 0.119 e. The maximum absolute atomic E-state index is 9.54. The van der Waals surface area contributed by atoms with Gasteiger partial charge in [0, 0.05) is 18.2 Å². The highest BCUT2D eigenvalue weighted by atomic mass is 32.2. The molecular formula is C15H12N4S. The summed E-state index contributed by atoms with van der Waals surface area (Å²) in [7, 11) is 0. The van der Waals surface area contributed by atoms with Gasteiger partial charge in [0.2, 0.25) is 0 Å². The Labute approximate surface area is 121 Å². The smallest absolute Gasteiger partial charge is 0.119 e. The SMILES string of the molecule is N#CC1=C2SCCN2C(=N)C(C#N)C1c1ccccc1. The van der Waals surface area contributed by atoms with Crippen LogP contribution in [0.3, 0.4) is 0 Å². The highest BCUT2D eigenvalue weighted by Gasteiger charge is 2.42. The summed E-state index contributed by atoms with van der Waals surface area (Å²) in [5.74, 6) is 0.271. The number of hydrogen-bond donors (Lipinski definition) is 1. The minimum absolute atomic E-state index is 0.320. The largest absolute Gasteiger partial charge is 0.322 e. The van der Waals surface area contributed by atoms with E-state index in [-0.39, 0.29) is 5.92 Å². The quantitative estimate of drug-likeness (QED) is 0.858. The second-order valence-electron chi connectivity index (χ2n) is 4.71. The Kier molecular flexibility index (Phi) is 3.22. The van der Waals surface area contributed by atoms with Gasteiger partial charge in [-0.3, -0.25) is 5.41 Å². The topological polar surface area (TPSA) is 74.7 Å². The monoisotopic (exact) mass is 280 g/mol. The molecule has 2 aliphatic heterocycles. The van der Waals surface area contributed by atoms with Crippen LogP contribution in [-0.4, -0.2) is 23.0 Å². The van der Waals surface area contributed by atoms with Crippen molar-refractivity contribution >= 4 is 17.6 Å². The molecule has 1 aromatic carbocycles. The molecule has 0 saturated carbocycles. The van der Waals surface area contributed by atoms with Gasteiger partial charge in [-0.2, -0.15) is 10.5 Å². The first-order valence-corrected chi connectivity index (χ1v) is 7.34. The van der Waals surface area contributed by atoms with Crippen LogP contribution in [-0.2, 0) is 0 Å². The van der Waals surface area contributed by atoms with Gasteiger partial charge in [-0.05, 0) is 5.56 Å². The van der Waals surface area contributed by atoms with Crippen molar-refractivity contribution in [2.45, 2.75) is 5.92 Å². The van der Waals surface area contributed by atoms with Crippen molar-refractivity contribution in [1.82, 2.24) is 4.90 Å². The van der Waals surface area contributed by atoms with E-state index in [0.29, 0.717) is 18.0 Å². The number of nitriles is 2. The van der Waals surface area contributed by atoms with E-state index in [4.69, 9.17) is 5.41 Å². The van der Waals surface area contributed by atoms with Gasteiger partial charge in [-0.15, -0.1) is 11.8 Å². The van der Waals surface area contributed by atoms with Crippen LogP contribution in [0.15, 0.2) is 40.9 Å². The Bertz CT molecular complexity index is 665. The number of amidine groups is 1. The third kappa shape index (κ3) is 1.79. The van der Waals surface area contributed by atoms with Crippen molar-refractivity contribution in [1.29, 1.82) is 15.9 Å². The summed E-state index contributed by atoms with van der Waals surface area (Å²) in [5, 5.41) is 28.1. The molecule has 0 aliphatic carbocycles. The van der Waals surface area contributed by atoms with Gasteiger partial charge >= 0.3 is 0 Å². The molecule has 0 radical (unpaired) electrons. The number of nitrogens with one attached hydrogen (secondary N) is 1. The van der Waals surface area contributed by atoms with Crippen molar-refractivity contribution in [3.8, 4) is 12.1 Å². The third-order valence-corrected chi connectivity index (χ3v) is 4.78. The normalized spacial score (nSPS) is 25.1. The highest BCUT2D eigenvalue weighted by Crippen LogP contribution is 2.45. The van der Waals surface area contributed by atoms with E-state index in [1.807, 2.05) is 35.2 Å². The van der Waals surface area contributed by atoms with E-state index in [1.165, 1.54) is 0 Å². The van der Waals surface area contributed by atoms with E-state index < -0.39 is 5.92 Å². The number of hydrogen-bond acceptors (Lipinski definition) is 4. The second kappa shape index (κ2) is 5.03. The molecule has 2 atom stereocenters. The molecule has 0 spiro atoms. The zero-order valence-electron chi connectivity index (χ0n) is 10.7. The van der Waals surface area contributed by atoms with Crippen molar-refractivity contribution < 1.29 is 0 Å². The lowest BCUT2D eigenvalue weighted by molar-refractivity contribution is 0.505. The Morgan fingerprint density at radius 1 is 1.25 bits per heavy atom. The van der Waals surface area contributed by atoms with Crippen molar-refractivity contribution in [2.75, 3.05) is 12.3 Å². The number of benzene rings is 1. The minimum Gasteiger partial charge on any atom is -0.322 e. The molecule has 1 fully saturated rings. The van der Waals surface area contributed by atoms with Crippen molar-refractivity contribution in [3.05, 3.63) is 46.5 Å². The molecule has 0 aromatic heterocycles. The first-order valence-electron chi connectivity index (χ1n) is 6.35. The summed E-state index contributed by atoms with van der Waals surface area (Å²) in [6.07, 6.45) is 0. The number of rotatable bonds is 1. The van der Waals surface area contributed by atoms with E-state index in [2.05, 4.69) is 12.1 Å². The zero-order valence-corrected chi connectivity index (χ0v) is 11.5. The summed E-state index contributed by atoms with van der Waals surface area (Å²) < 4.78 is 0. The molecule has 98 valence electrons. The van der Waals surface area contributed by atoms with Gasteiger partial charge < -0.3 is 4.90 Å². The molecule has 20 heavy (non-hydrogen) atoms. The molecule has 2 unspecified atom stereocenters. The van der Waals surface area contributed by atoms with Crippen LogP contribution in [0.1, 0.15) is 11.5 Å². The predicted octanol–water partition coefficient (Wildman–Crippen LogP) is 2.68. The maximum atomic E-state index is 9.54. The van der Waals surface area contributed by atoms with Crippen LogP contribution in [0.2, 0.25) is 0 Å². The van der Waals surface area contributed by atoms with Crippen LogP contribution in [0, 0.1) is 34.0 Å². The molecule has 1 aromatic rings. The molecular weight excluding hydrogens is 268 g/mol. The van der Waals surface area contributed by atoms with Gasteiger partial charge in [0.25, 0.3) is 0 Å². The Balaban J connectivity index is 2.19. The molecule has 0 amide bonds. The lowest BCUT2D eigenvalue weighted by Gasteiger charge is -2.34. The van der Waals surface area contributed by atoms with E-state index in [0.717, 1.165) is 16.3 Å². The fourth-order valence-electron chi connectivity index (χ4n) is 2.76. The fraction of sp³-hybridized carbons (Fsp3) is 0.267. The number of allylic oxidation sites excluding steroid dienone is 1. The first-order chi connectivity index (χ1) is 9.77. The number of thioether (sulfide) groups is 1. The molecule has 1 N–H and O–H groups in total. The lowest BCUT2D eigenvalue weighted by Crippen LogP contribution is -2.40. The number of fused-ring (bicyclic) bond motifs is 1. The third-order valence-electron chi connectivity index (χ3n) is 3.68. The lowest BCUT2D eigenvalue weighted by atomic mass is 9.78. The van der Waals surface area contributed by atoms with E-state index in [1.54, 1.807) is 11.8 Å². The van der Waals surface area contributed by atoms with E-state index >= 15 is 0 Å². The molecule has 4 nitrogen and oxygen atoms in total. The predicted molar refractivity (Wildman–Crippen MR) is 77.8 cm³/mol. The van der Waals surface area contributed by atoms with Crippen LogP contribution < -0.4 is 0 Å². The first kappa shape index (κ1) is 12.8. The molecule has 1 saturated heterocycles. The van der Waals surface area contributed by atoms with Gasteiger partial charge in [-0.25, -0.2) is 0 Å². The minimum atomic E-state index is -0.588. The standard InChI is InChI=1S/C15H12N4S/c16-8-11-13(10-4-2-1-3-5-10)12(9-17)15-19(14(11)18)6-7-20-15/h1-5,11,13,18H,6-7H2. The molecule has 2 heterocycles. The molecule has 2 aliphatic rings. The zero-order chi connectivity index (χ0) is 14.1.